The molecule has 4 aromatic rings. The Morgan fingerprint density at radius 1 is 1.09 bits per heavy atom. The number of pyridine rings is 2. The van der Waals surface area contributed by atoms with Crippen LogP contribution in [0.3, 0.4) is 0 Å². The Balaban J connectivity index is 1.66. The normalized spacial score (nSPS) is 11.1. The second-order valence-electron chi connectivity index (χ2n) is 7.83. The first-order chi connectivity index (χ1) is 17.0. The molecule has 0 atom stereocenters. The van der Waals surface area contributed by atoms with Crippen LogP contribution in [0.15, 0.2) is 53.5 Å². The maximum Gasteiger partial charge on any atom is 0.267 e. The molecule has 0 saturated heterocycles. The van der Waals surface area contributed by atoms with E-state index in [4.69, 9.17) is 19.6 Å². The van der Waals surface area contributed by atoms with E-state index in [2.05, 4.69) is 10.3 Å². The highest BCUT2D eigenvalue weighted by Gasteiger charge is 2.17. The van der Waals surface area contributed by atoms with Gasteiger partial charge in [0, 0.05) is 26.4 Å². The third-order valence-electron chi connectivity index (χ3n) is 5.73. The van der Waals surface area contributed by atoms with E-state index in [0.717, 1.165) is 5.56 Å². The van der Waals surface area contributed by atoms with Gasteiger partial charge >= 0.3 is 0 Å². The summed E-state index contributed by atoms with van der Waals surface area (Å²) < 4.78 is 18.7. The lowest BCUT2D eigenvalue weighted by atomic mass is 10.1. The second-order valence-corrected chi connectivity index (χ2v) is 7.83. The molecule has 0 fully saturated rings. The SMILES string of the molecule is COCCn1c(=N)c(C(=O)NCCc2ccc(OC)c(OC)c2)cc2c(=O)n3ccccc3nc21. The Bertz CT molecular complexity index is 1510. The van der Waals surface area contributed by atoms with E-state index < -0.39 is 5.91 Å². The van der Waals surface area contributed by atoms with Crippen molar-refractivity contribution >= 4 is 22.6 Å². The third kappa shape index (κ3) is 4.73. The predicted molar refractivity (Wildman–Crippen MR) is 130 cm³/mol. The number of amides is 1. The van der Waals surface area contributed by atoms with Gasteiger partial charge in [0.15, 0.2) is 11.5 Å². The maximum absolute atomic E-state index is 13.2. The molecule has 10 heteroatoms. The van der Waals surface area contributed by atoms with Crippen LogP contribution in [0, 0.1) is 5.41 Å². The highest BCUT2D eigenvalue weighted by molar-refractivity contribution is 5.96. The number of fused-ring (bicyclic) bond motifs is 2. The van der Waals surface area contributed by atoms with Crippen LogP contribution in [0.1, 0.15) is 15.9 Å². The van der Waals surface area contributed by atoms with Gasteiger partial charge in [0.25, 0.3) is 11.5 Å². The van der Waals surface area contributed by atoms with Crippen molar-refractivity contribution in [2.75, 3.05) is 34.5 Å². The van der Waals surface area contributed by atoms with Crippen molar-refractivity contribution in [2.24, 2.45) is 0 Å². The fraction of sp³-hybridized carbons (Fsp3) is 0.280. The molecular weight excluding hydrogens is 450 g/mol. The van der Waals surface area contributed by atoms with Gasteiger partial charge in [0.1, 0.15) is 16.8 Å². The molecule has 1 amide bonds. The molecular formula is C25H27N5O5. The van der Waals surface area contributed by atoms with Crippen LogP contribution in [-0.4, -0.2) is 54.3 Å². The molecule has 0 aliphatic carbocycles. The van der Waals surface area contributed by atoms with Crippen molar-refractivity contribution in [3.8, 4) is 11.5 Å². The van der Waals surface area contributed by atoms with Gasteiger partial charge in [-0.2, -0.15) is 0 Å². The van der Waals surface area contributed by atoms with Gasteiger partial charge in [0.05, 0.1) is 31.8 Å². The molecule has 35 heavy (non-hydrogen) atoms. The Morgan fingerprint density at radius 2 is 1.89 bits per heavy atom. The third-order valence-corrected chi connectivity index (χ3v) is 5.73. The largest absolute Gasteiger partial charge is 0.493 e. The topological polar surface area (TPSA) is 120 Å². The number of nitrogens with one attached hydrogen (secondary N) is 2. The average Bonchev–Trinajstić information content (AvgIpc) is 2.88. The number of rotatable bonds is 9. The van der Waals surface area contributed by atoms with Crippen molar-refractivity contribution in [1.29, 1.82) is 5.41 Å². The van der Waals surface area contributed by atoms with E-state index in [-0.39, 0.29) is 28.5 Å². The van der Waals surface area contributed by atoms with E-state index in [0.29, 0.717) is 42.4 Å². The summed E-state index contributed by atoms with van der Waals surface area (Å²) >= 11 is 0. The standard InChI is InChI=1S/C25H27N5O5/c1-33-13-12-30-22(26)17(15-18-23(30)28-21-6-4-5-11-29(21)25(18)32)24(31)27-10-9-16-7-8-19(34-2)20(14-16)35-3/h4-8,11,14-15,26H,9-10,12-13H2,1-3H3,(H,27,31). The zero-order chi connectivity index (χ0) is 24.9. The molecule has 3 heterocycles. The Labute approximate surface area is 201 Å². The first-order valence-electron chi connectivity index (χ1n) is 11.1. The van der Waals surface area contributed by atoms with Crippen LogP contribution in [0.2, 0.25) is 0 Å². The lowest BCUT2D eigenvalue weighted by Gasteiger charge is -2.14. The van der Waals surface area contributed by atoms with E-state index >= 15 is 0 Å². The number of aromatic nitrogens is 3. The van der Waals surface area contributed by atoms with Gasteiger partial charge in [-0.25, -0.2) is 4.98 Å². The molecule has 0 radical (unpaired) electrons. The summed E-state index contributed by atoms with van der Waals surface area (Å²) in [7, 11) is 4.69. The van der Waals surface area contributed by atoms with Crippen molar-refractivity contribution in [3.63, 3.8) is 0 Å². The number of methoxy groups -OCH3 is 3. The van der Waals surface area contributed by atoms with Crippen LogP contribution in [0.5, 0.6) is 11.5 Å². The fourth-order valence-corrected chi connectivity index (χ4v) is 3.91. The van der Waals surface area contributed by atoms with Crippen LogP contribution in [0.25, 0.3) is 16.7 Å². The summed E-state index contributed by atoms with van der Waals surface area (Å²) in [6, 6.07) is 12.3. The Hall–Kier alpha value is -4.18. The van der Waals surface area contributed by atoms with Crippen molar-refractivity contribution in [1.82, 2.24) is 19.3 Å². The maximum atomic E-state index is 13.2. The molecule has 10 nitrogen and oxygen atoms in total. The molecule has 4 rings (SSSR count). The van der Waals surface area contributed by atoms with Gasteiger partial charge in [-0.3, -0.25) is 19.4 Å². The minimum absolute atomic E-state index is 0.0367. The summed E-state index contributed by atoms with van der Waals surface area (Å²) in [4.78, 5) is 30.8. The number of hydrogen-bond donors (Lipinski definition) is 2. The average molecular weight is 478 g/mol. The van der Waals surface area contributed by atoms with Crippen LogP contribution < -0.4 is 25.8 Å². The fourth-order valence-electron chi connectivity index (χ4n) is 3.91. The summed E-state index contributed by atoms with van der Waals surface area (Å²) in [5, 5.41) is 11.8. The number of carbonyl (C=O) groups excluding carboxylic acids is 1. The minimum atomic E-state index is -0.443. The molecule has 0 unspecified atom stereocenters. The predicted octanol–water partition coefficient (Wildman–Crippen LogP) is 1.76. The highest BCUT2D eigenvalue weighted by atomic mass is 16.5. The Morgan fingerprint density at radius 3 is 2.63 bits per heavy atom. The number of carbonyl (C=O) groups is 1. The van der Waals surface area contributed by atoms with Crippen molar-refractivity contribution < 1.29 is 19.0 Å². The quantitative estimate of drug-likeness (QED) is 0.355. The molecule has 182 valence electrons. The molecule has 1 aromatic carbocycles. The van der Waals surface area contributed by atoms with Gasteiger partial charge in [0.2, 0.25) is 0 Å². The summed E-state index contributed by atoms with van der Waals surface area (Å²) in [6.07, 6.45) is 2.17. The molecule has 0 aliphatic heterocycles. The first kappa shape index (κ1) is 24.0. The molecule has 0 saturated carbocycles. The zero-order valence-electron chi connectivity index (χ0n) is 19.8. The van der Waals surface area contributed by atoms with Crippen molar-refractivity contribution in [3.05, 3.63) is 75.6 Å². The summed E-state index contributed by atoms with van der Waals surface area (Å²) in [5.74, 6) is 0.795. The molecule has 0 aliphatic rings. The number of nitrogens with zero attached hydrogens (tertiary/aromatic N) is 3. The molecule has 2 N–H and O–H groups in total. The second kappa shape index (κ2) is 10.4. The highest BCUT2D eigenvalue weighted by Crippen LogP contribution is 2.27. The summed E-state index contributed by atoms with van der Waals surface area (Å²) in [5.41, 5.74) is 1.50. The monoisotopic (exact) mass is 477 g/mol. The molecule has 0 spiro atoms. The molecule has 3 aromatic heterocycles. The molecule has 0 bridgehead atoms. The lowest BCUT2D eigenvalue weighted by Crippen LogP contribution is -2.36. The van der Waals surface area contributed by atoms with E-state index in [1.165, 1.54) is 15.0 Å². The summed E-state index contributed by atoms with van der Waals surface area (Å²) in [6.45, 7) is 0.902. The number of hydrogen-bond acceptors (Lipinski definition) is 7. The Kier molecular flexibility index (Phi) is 7.11. The van der Waals surface area contributed by atoms with Gasteiger partial charge < -0.3 is 24.1 Å². The number of benzene rings is 1. The van der Waals surface area contributed by atoms with E-state index in [1.54, 1.807) is 45.7 Å². The van der Waals surface area contributed by atoms with Gasteiger partial charge in [-0.1, -0.05) is 12.1 Å². The van der Waals surface area contributed by atoms with Gasteiger partial charge in [-0.15, -0.1) is 0 Å². The van der Waals surface area contributed by atoms with E-state index in [1.807, 2.05) is 18.2 Å². The van der Waals surface area contributed by atoms with Crippen LogP contribution in [0.4, 0.5) is 0 Å². The minimum Gasteiger partial charge on any atom is -0.493 e. The number of ether oxygens (including phenoxy) is 3. The zero-order valence-corrected chi connectivity index (χ0v) is 19.8. The van der Waals surface area contributed by atoms with Gasteiger partial charge in [-0.05, 0) is 42.3 Å². The van der Waals surface area contributed by atoms with Crippen molar-refractivity contribution in [2.45, 2.75) is 13.0 Å². The van der Waals surface area contributed by atoms with Crippen LogP contribution >= 0.6 is 0 Å². The van der Waals surface area contributed by atoms with Crippen LogP contribution in [-0.2, 0) is 17.7 Å². The lowest BCUT2D eigenvalue weighted by molar-refractivity contribution is 0.0951. The van der Waals surface area contributed by atoms with E-state index in [9.17, 15) is 9.59 Å². The smallest absolute Gasteiger partial charge is 0.267 e. The first-order valence-corrected chi connectivity index (χ1v) is 11.1.